The first-order valence-corrected chi connectivity index (χ1v) is 14.1. The van der Waals surface area contributed by atoms with Crippen LogP contribution in [0.25, 0.3) is 0 Å². The summed E-state index contributed by atoms with van der Waals surface area (Å²) < 4.78 is 0. The van der Waals surface area contributed by atoms with Crippen LogP contribution in [0.5, 0.6) is 0 Å². The Morgan fingerprint density at radius 3 is 1.34 bits per heavy atom. The van der Waals surface area contributed by atoms with Crippen molar-refractivity contribution in [2.45, 2.75) is 43.2 Å². The molecule has 2 bridgehead atoms. The van der Waals surface area contributed by atoms with E-state index in [2.05, 4.69) is 21.3 Å². The van der Waals surface area contributed by atoms with Crippen molar-refractivity contribution in [1.29, 1.82) is 0 Å². The van der Waals surface area contributed by atoms with Gasteiger partial charge in [-0.2, -0.15) is 0 Å². The quantitative estimate of drug-likeness (QED) is 0.309. The summed E-state index contributed by atoms with van der Waals surface area (Å²) in [5, 5.41) is 11.3. The number of amides is 4. The minimum Gasteiger partial charge on any atom is -0.357 e. The minimum atomic E-state index is -0.787. The Morgan fingerprint density at radius 1 is 0.610 bits per heavy atom. The topological polar surface area (TPSA) is 116 Å². The van der Waals surface area contributed by atoms with E-state index in [0.29, 0.717) is 19.3 Å². The van der Waals surface area contributed by atoms with Crippen molar-refractivity contribution in [3.63, 3.8) is 0 Å². The highest BCUT2D eigenvalue weighted by Gasteiger charge is 2.56. The number of carbonyl (C=O) groups excluding carboxylic acids is 4. The molecule has 1 fully saturated rings. The van der Waals surface area contributed by atoms with Crippen LogP contribution in [-0.2, 0) is 32.0 Å². The first-order chi connectivity index (χ1) is 19.9. The monoisotopic (exact) mass is 552 g/mol. The van der Waals surface area contributed by atoms with E-state index in [4.69, 9.17) is 0 Å². The average Bonchev–Trinajstić information content (AvgIpc) is 3.58. The predicted molar refractivity (Wildman–Crippen MR) is 156 cm³/mol. The molecule has 3 aromatic carbocycles. The van der Waals surface area contributed by atoms with Crippen molar-refractivity contribution in [2.75, 3.05) is 14.1 Å². The molecule has 0 unspecified atom stereocenters. The molecule has 5 rings (SSSR count). The number of fused-ring (bicyclic) bond motifs is 5. The van der Waals surface area contributed by atoms with Crippen LogP contribution in [0.1, 0.15) is 40.5 Å². The summed E-state index contributed by atoms with van der Waals surface area (Å²) in [6.45, 7) is 0. The first-order valence-electron chi connectivity index (χ1n) is 14.1. The van der Waals surface area contributed by atoms with Crippen molar-refractivity contribution in [2.24, 2.45) is 11.8 Å². The molecule has 8 nitrogen and oxygen atoms in total. The molecule has 1 saturated carbocycles. The van der Waals surface area contributed by atoms with E-state index in [-0.39, 0.29) is 35.5 Å². The lowest BCUT2D eigenvalue weighted by atomic mass is 9.74. The largest absolute Gasteiger partial charge is 0.357 e. The van der Waals surface area contributed by atoms with Crippen LogP contribution in [0.15, 0.2) is 84.9 Å². The van der Waals surface area contributed by atoms with Gasteiger partial charge >= 0.3 is 0 Å². The zero-order valence-electron chi connectivity index (χ0n) is 23.3. The van der Waals surface area contributed by atoms with Gasteiger partial charge in [-0.05, 0) is 40.5 Å². The molecule has 0 aliphatic heterocycles. The number of hydrogen-bond acceptors (Lipinski definition) is 4. The van der Waals surface area contributed by atoms with Gasteiger partial charge in [0.2, 0.25) is 23.6 Å². The summed E-state index contributed by atoms with van der Waals surface area (Å²) >= 11 is 0. The molecular weight excluding hydrogens is 516 g/mol. The summed E-state index contributed by atoms with van der Waals surface area (Å²) in [6.07, 6.45) is 1.33. The van der Waals surface area contributed by atoms with Crippen LogP contribution in [0, 0.1) is 11.8 Å². The molecule has 4 N–H and O–H groups in total. The normalized spacial score (nSPS) is 21.7. The highest BCUT2D eigenvalue weighted by atomic mass is 16.2. The molecule has 2 aliphatic rings. The van der Waals surface area contributed by atoms with E-state index in [1.165, 1.54) is 0 Å². The summed E-state index contributed by atoms with van der Waals surface area (Å²) in [5.74, 6) is -2.88. The lowest BCUT2D eigenvalue weighted by Crippen LogP contribution is -2.54. The Kier molecular flexibility index (Phi) is 8.47. The number of benzene rings is 3. The first kappa shape index (κ1) is 28.1. The van der Waals surface area contributed by atoms with Crippen molar-refractivity contribution < 1.29 is 19.2 Å². The van der Waals surface area contributed by atoms with Gasteiger partial charge in [0.05, 0.1) is 11.8 Å². The second-order valence-electron chi connectivity index (χ2n) is 10.9. The highest BCUT2D eigenvalue weighted by molar-refractivity contribution is 5.95. The van der Waals surface area contributed by atoms with Crippen molar-refractivity contribution in [1.82, 2.24) is 21.3 Å². The van der Waals surface area contributed by atoms with Crippen LogP contribution >= 0.6 is 0 Å². The van der Waals surface area contributed by atoms with Crippen LogP contribution in [0.3, 0.4) is 0 Å². The molecule has 41 heavy (non-hydrogen) atoms. The predicted octanol–water partition coefficient (Wildman–Crippen LogP) is 2.45. The third-order valence-corrected chi connectivity index (χ3v) is 8.49. The van der Waals surface area contributed by atoms with Crippen LogP contribution in [0.2, 0.25) is 0 Å². The Balaban J connectivity index is 1.41. The lowest BCUT2D eigenvalue weighted by molar-refractivity contribution is -0.138. The van der Waals surface area contributed by atoms with Gasteiger partial charge in [-0.15, -0.1) is 0 Å². The summed E-state index contributed by atoms with van der Waals surface area (Å²) in [6, 6.07) is 25.4. The molecular formula is C33H36N4O4. The minimum absolute atomic E-state index is 0.151. The Bertz CT molecular complexity index is 1300. The number of hydrogen-bond donors (Lipinski definition) is 4. The maximum atomic E-state index is 14.0. The second-order valence-corrected chi connectivity index (χ2v) is 10.9. The van der Waals surface area contributed by atoms with Gasteiger partial charge in [0.25, 0.3) is 0 Å². The van der Waals surface area contributed by atoms with E-state index in [0.717, 1.165) is 22.3 Å². The summed E-state index contributed by atoms with van der Waals surface area (Å²) in [4.78, 5) is 53.6. The molecule has 0 aromatic heterocycles. The van der Waals surface area contributed by atoms with E-state index in [1.807, 2.05) is 84.9 Å². The molecule has 0 radical (unpaired) electrons. The van der Waals surface area contributed by atoms with Gasteiger partial charge in [-0.25, -0.2) is 0 Å². The molecule has 8 heteroatoms. The molecule has 0 saturated heterocycles. The maximum Gasteiger partial charge on any atom is 0.242 e. The molecule has 0 spiro atoms. The number of nitrogens with one attached hydrogen (secondary N) is 4. The third kappa shape index (κ3) is 5.87. The molecule has 4 amide bonds. The number of rotatable bonds is 10. The van der Waals surface area contributed by atoms with E-state index in [9.17, 15) is 19.2 Å². The van der Waals surface area contributed by atoms with Gasteiger partial charge in [0.15, 0.2) is 0 Å². The molecule has 0 heterocycles. The molecule has 2 aliphatic carbocycles. The van der Waals surface area contributed by atoms with Gasteiger partial charge in [0, 0.05) is 26.9 Å². The molecule has 6 atom stereocenters. The summed E-state index contributed by atoms with van der Waals surface area (Å²) in [5.41, 5.74) is 3.99. The standard InChI is InChI=1S/C33H36N4O4/c1-34-30(38)26(17-20-11-5-3-6-12-20)36-32(40)28-24-19-25(23-16-10-9-15-22(23)24)29(28)33(41)37-27(31(39)35-2)18-21-13-7-4-8-14-21/h3-16,24-29H,17-19H2,1-2H3,(H,34,38)(H,35,39)(H,36,40)(H,37,41)/t24-,25+,26-,27-,28+,29-/m0/s1. The highest BCUT2D eigenvalue weighted by Crippen LogP contribution is 2.59. The maximum absolute atomic E-state index is 14.0. The fourth-order valence-corrected chi connectivity index (χ4v) is 6.59. The van der Waals surface area contributed by atoms with Gasteiger partial charge in [-0.3, -0.25) is 19.2 Å². The van der Waals surface area contributed by atoms with E-state index in [1.54, 1.807) is 14.1 Å². The number of likely N-dealkylation sites (N-methyl/N-ethyl adjacent to an activating group) is 2. The molecule has 212 valence electrons. The van der Waals surface area contributed by atoms with Crippen LogP contribution in [0.4, 0.5) is 0 Å². The fraction of sp³-hybridized carbons (Fsp3) is 0.333. The van der Waals surface area contributed by atoms with E-state index < -0.39 is 23.9 Å². The van der Waals surface area contributed by atoms with Gasteiger partial charge in [-0.1, -0.05) is 84.9 Å². The Labute approximate surface area is 240 Å². The lowest BCUT2D eigenvalue weighted by Gasteiger charge is -2.33. The Morgan fingerprint density at radius 2 is 0.976 bits per heavy atom. The van der Waals surface area contributed by atoms with Crippen LogP contribution < -0.4 is 21.3 Å². The SMILES string of the molecule is CNC(=O)[C@H](Cc1ccccc1)NC(=O)[C@@H]1[C@H](C(=O)N[C@@H](Cc2ccccc2)C(=O)NC)[C@H]2C[C@@H]1c1ccccc12. The van der Waals surface area contributed by atoms with Crippen molar-refractivity contribution >= 4 is 23.6 Å². The molecule has 3 aromatic rings. The zero-order chi connectivity index (χ0) is 28.9. The Hall–Kier alpha value is -4.46. The smallest absolute Gasteiger partial charge is 0.242 e. The number of carbonyl (C=O) groups is 4. The van der Waals surface area contributed by atoms with E-state index >= 15 is 0 Å². The third-order valence-electron chi connectivity index (χ3n) is 8.49. The average molecular weight is 553 g/mol. The fourth-order valence-electron chi connectivity index (χ4n) is 6.59. The van der Waals surface area contributed by atoms with Crippen LogP contribution in [-0.4, -0.2) is 49.8 Å². The van der Waals surface area contributed by atoms with Crippen molar-refractivity contribution in [3.8, 4) is 0 Å². The van der Waals surface area contributed by atoms with Gasteiger partial charge in [0.1, 0.15) is 12.1 Å². The van der Waals surface area contributed by atoms with Gasteiger partial charge < -0.3 is 21.3 Å². The second kappa shape index (κ2) is 12.4. The summed E-state index contributed by atoms with van der Waals surface area (Å²) in [7, 11) is 3.09. The zero-order valence-corrected chi connectivity index (χ0v) is 23.3. The van der Waals surface area contributed by atoms with Crippen molar-refractivity contribution in [3.05, 3.63) is 107 Å².